The van der Waals surface area contributed by atoms with Gasteiger partial charge in [0.25, 0.3) is 0 Å². The van der Waals surface area contributed by atoms with Crippen LogP contribution in [0.5, 0.6) is 0 Å². The molecule has 1 aromatic rings. The number of aromatic nitrogens is 1. The van der Waals surface area contributed by atoms with Crippen molar-refractivity contribution in [3.8, 4) is 0 Å². The lowest BCUT2D eigenvalue weighted by Gasteiger charge is -2.15. The second kappa shape index (κ2) is 4.26. The predicted octanol–water partition coefficient (Wildman–Crippen LogP) is 1.27. The molecule has 1 fully saturated rings. The molecule has 4 heteroatoms. The third-order valence-electron chi connectivity index (χ3n) is 2.54. The van der Waals surface area contributed by atoms with Crippen molar-refractivity contribution in [2.24, 2.45) is 5.73 Å². The Bertz CT molecular complexity index is 316. The first-order valence-electron chi connectivity index (χ1n) is 4.83. The Hall–Kier alpha value is -0.640. The van der Waals surface area contributed by atoms with Crippen molar-refractivity contribution in [3.05, 3.63) is 29.0 Å². The van der Waals surface area contributed by atoms with E-state index >= 15 is 0 Å². The van der Waals surface area contributed by atoms with Crippen molar-refractivity contribution in [2.45, 2.75) is 19.0 Å². The Morgan fingerprint density at radius 3 is 3.14 bits per heavy atom. The van der Waals surface area contributed by atoms with Gasteiger partial charge in [-0.15, -0.1) is 0 Å². The lowest BCUT2D eigenvalue weighted by Crippen LogP contribution is -2.26. The molecule has 76 valence electrons. The standard InChI is InChI=1S/C10H14ClN3/c11-10-8(2-1-4-13-10)6-14-5-3-9(12)7-14/h1-2,4,9H,3,5-7,12H2/t9-/m0/s1. The van der Waals surface area contributed by atoms with Gasteiger partial charge in [-0.2, -0.15) is 0 Å². The number of halogens is 1. The molecule has 0 amide bonds. The highest BCUT2D eigenvalue weighted by Gasteiger charge is 2.19. The van der Waals surface area contributed by atoms with Gasteiger partial charge in [-0.3, -0.25) is 4.90 Å². The average Bonchev–Trinajstić information content (AvgIpc) is 2.56. The molecule has 0 unspecified atom stereocenters. The zero-order chi connectivity index (χ0) is 9.97. The summed E-state index contributed by atoms with van der Waals surface area (Å²) in [6.45, 7) is 2.89. The Morgan fingerprint density at radius 2 is 2.50 bits per heavy atom. The van der Waals surface area contributed by atoms with E-state index in [2.05, 4.69) is 9.88 Å². The van der Waals surface area contributed by atoms with E-state index in [0.717, 1.165) is 31.6 Å². The number of nitrogens with zero attached hydrogens (tertiary/aromatic N) is 2. The molecule has 14 heavy (non-hydrogen) atoms. The van der Waals surface area contributed by atoms with Crippen LogP contribution in [0, 0.1) is 0 Å². The van der Waals surface area contributed by atoms with Crippen LogP contribution in [0.4, 0.5) is 0 Å². The summed E-state index contributed by atoms with van der Waals surface area (Å²) < 4.78 is 0. The summed E-state index contributed by atoms with van der Waals surface area (Å²) in [7, 11) is 0. The fourth-order valence-electron chi connectivity index (χ4n) is 1.78. The van der Waals surface area contributed by atoms with Crippen molar-refractivity contribution >= 4 is 11.6 Å². The van der Waals surface area contributed by atoms with Crippen LogP contribution in [0.1, 0.15) is 12.0 Å². The molecule has 1 aliphatic heterocycles. The van der Waals surface area contributed by atoms with Gasteiger partial charge in [0.05, 0.1) is 0 Å². The van der Waals surface area contributed by atoms with Gasteiger partial charge < -0.3 is 5.73 Å². The molecule has 0 saturated carbocycles. The Labute approximate surface area is 88.9 Å². The molecule has 0 bridgehead atoms. The van der Waals surface area contributed by atoms with Crippen molar-refractivity contribution in [1.29, 1.82) is 0 Å². The van der Waals surface area contributed by atoms with Crippen molar-refractivity contribution in [1.82, 2.24) is 9.88 Å². The van der Waals surface area contributed by atoms with E-state index in [0.29, 0.717) is 11.2 Å². The Balaban J connectivity index is 2.01. The number of likely N-dealkylation sites (tertiary alicyclic amines) is 1. The molecule has 1 aliphatic rings. The summed E-state index contributed by atoms with van der Waals surface area (Å²) in [4.78, 5) is 6.36. The minimum absolute atomic E-state index is 0.324. The summed E-state index contributed by atoms with van der Waals surface area (Å²) in [5, 5.41) is 0.605. The van der Waals surface area contributed by atoms with Crippen LogP contribution < -0.4 is 5.73 Å². The second-order valence-corrected chi connectivity index (χ2v) is 4.10. The van der Waals surface area contributed by atoms with E-state index in [4.69, 9.17) is 17.3 Å². The van der Waals surface area contributed by atoms with Gasteiger partial charge in [0, 0.05) is 37.4 Å². The molecule has 1 aromatic heterocycles. The number of rotatable bonds is 2. The maximum Gasteiger partial charge on any atom is 0.133 e. The van der Waals surface area contributed by atoms with Crippen LogP contribution in [0.3, 0.4) is 0 Å². The van der Waals surface area contributed by atoms with E-state index in [-0.39, 0.29) is 0 Å². The van der Waals surface area contributed by atoms with Gasteiger partial charge in [-0.1, -0.05) is 17.7 Å². The lowest BCUT2D eigenvalue weighted by molar-refractivity contribution is 0.326. The summed E-state index contributed by atoms with van der Waals surface area (Å²) in [6.07, 6.45) is 2.79. The zero-order valence-corrected chi connectivity index (χ0v) is 8.74. The molecule has 2 heterocycles. The van der Waals surface area contributed by atoms with Crippen molar-refractivity contribution in [2.75, 3.05) is 13.1 Å². The molecular formula is C10H14ClN3. The largest absolute Gasteiger partial charge is 0.326 e. The second-order valence-electron chi connectivity index (χ2n) is 3.74. The number of pyridine rings is 1. The van der Waals surface area contributed by atoms with Crippen LogP contribution in [0.25, 0.3) is 0 Å². The molecule has 2 N–H and O–H groups in total. The summed E-state index contributed by atoms with van der Waals surface area (Å²) >= 11 is 5.97. The first-order chi connectivity index (χ1) is 6.75. The molecule has 0 aromatic carbocycles. The molecule has 0 radical (unpaired) electrons. The number of hydrogen-bond acceptors (Lipinski definition) is 3. The summed E-state index contributed by atoms with van der Waals surface area (Å²) in [5.74, 6) is 0. The van der Waals surface area contributed by atoms with Crippen LogP contribution in [0.2, 0.25) is 5.15 Å². The van der Waals surface area contributed by atoms with E-state index in [9.17, 15) is 0 Å². The quantitative estimate of drug-likeness (QED) is 0.750. The normalized spacial score (nSPS) is 22.9. The molecule has 0 aliphatic carbocycles. The molecule has 3 nitrogen and oxygen atoms in total. The van der Waals surface area contributed by atoms with Crippen molar-refractivity contribution < 1.29 is 0 Å². The van der Waals surface area contributed by atoms with Gasteiger partial charge in [0.15, 0.2) is 0 Å². The first kappa shape index (κ1) is 9.90. The highest BCUT2D eigenvalue weighted by molar-refractivity contribution is 6.30. The maximum absolute atomic E-state index is 5.97. The SMILES string of the molecule is N[C@H]1CCN(Cc2cccnc2Cl)C1. The fraction of sp³-hybridized carbons (Fsp3) is 0.500. The molecule has 1 saturated heterocycles. The van der Waals surface area contributed by atoms with Crippen LogP contribution in [-0.2, 0) is 6.54 Å². The minimum Gasteiger partial charge on any atom is -0.326 e. The molecular weight excluding hydrogens is 198 g/mol. The predicted molar refractivity (Wildman–Crippen MR) is 57.1 cm³/mol. The zero-order valence-electron chi connectivity index (χ0n) is 7.99. The Morgan fingerprint density at radius 1 is 1.64 bits per heavy atom. The van der Waals surface area contributed by atoms with Crippen LogP contribution in [0.15, 0.2) is 18.3 Å². The first-order valence-corrected chi connectivity index (χ1v) is 5.21. The summed E-state index contributed by atoms with van der Waals surface area (Å²) in [6, 6.07) is 4.25. The van der Waals surface area contributed by atoms with Crippen molar-refractivity contribution in [3.63, 3.8) is 0 Å². The molecule has 2 rings (SSSR count). The highest BCUT2D eigenvalue weighted by atomic mass is 35.5. The fourth-order valence-corrected chi connectivity index (χ4v) is 1.96. The van der Waals surface area contributed by atoms with Crippen LogP contribution >= 0.6 is 11.6 Å². The van der Waals surface area contributed by atoms with Gasteiger partial charge >= 0.3 is 0 Å². The van der Waals surface area contributed by atoms with Crippen LogP contribution in [-0.4, -0.2) is 29.0 Å². The van der Waals surface area contributed by atoms with E-state index in [1.54, 1.807) is 6.20 Å². The number of nitrogens with two attached hydrogens (primary N) is 1. The molecule has 0 spiro atoms. The molecule has 1 atom stereocenters. The minimum atomic E-state index is 0.324. The monoisotopic (exact) mass is 211 g/mol. The maximum atomic E-state index is 5.97. The van der Waals surface area contributed by atoms with Gasteiger partial charge in [0.2, 0.25) is 0 Å². The van der Waals surface area contributed by atoms with Gasteiger partial charge in [-0.05, 0) is 12.5 Å². The highest BCUT2D eigenvalue weighted by Crippen LogP contribution is 2.17. The van der Waals surface area contributed by atoms with E-state index < -0.39 is 0 Å². The number of hydrogen-bond donors (Lipinski definition) is 1. The third kappa shape index (κ3) is 2.23. The van der Waals surface area contributed by atoms with Gasteiger partial charge in [-0.25, -0.2) is 4.98 Å². The smallest absolute Gasteiger partial charge is 0.133 e. The van der Waals surface area contributed by atoms with E-state index in [1.807, 2.05) is 12.1 Å². The average molecular weight is 212 g/mol. The van der Waals surface area contributed by atoms with Gasteiger partial charge in [0.1, 0.15) is 5.15 Å². The Kier molecular flexibility index (Phi) is 3.01. The lowest BCUT2D eigenvalue weighted by atomic mass is 10.2. The summed E-state index contributed by atoms with van der Waals surface area (Å²) in [5.41, 5.74) is 6.91. The topological polar surface area (TPSA) is 42.1 Å². The van der Waals surface area contributed by atoms with E-state index in [1.165, 1.54) is 0 Å². The third-order valence-corrected chi connectivity index (χ3v) is 2.88.